The highest BCUT2D eigenvalue weighted by Gasteiger charge is 2.51. The van der Waals surface area contributed by atoms with E-state index in [0.717, 1.165) is 29.7 Å². The highest BCUT2D eigenvalue weighted by atomic mass is 16.5. The lowest BCUT2D eigenvalue weighted by Crippen LogP contribution is -2.38. The number of carbonyl (C=O) groups excluding carboxylic acids is 2. The summed E-state index contributed by atoms with van der Waals surface area (Å²) in [6.45, 7) is 1.86. The molecule has 5 nitrogen and oxygen atoms in total. The first-order chi connectivity index (χ1) is 9.53. The van der Waals surface area contributed by atoms with Crippen molar-refractivity contribution in [2.24, 2.45) is 0 Å². The van der Waals surface area contributed by atoms with Gasteiger partial charge in [0.1, 0.15) is 12.3 Å². The van der Waals surface area contributed by atoms with Crippen molar-refractivity contribution in [3.05, 3.63) is 29.3 Å². The molecule has 0 aliphatic heterocycles. The quantitative estimate of drug-likeness (QED) is 0.825. The number of esters is 1. The van der Waals surface area contributed by atoms with E-state index in [9.17, 15) is 9.59 Å². The number of nitrogens with one attached hydrogen (secondary N) is 1. The molecule has 5 heteroatoms. The number of amides is 1. The lowest BCUT2D eigenvalue weighted by Gasteiger charge is -2.17. The average Bonchev–Trinajstić information content (AvgIpc) is 3.26. The molecule has 1 N–H and O–H groups in total. The van der Waals surface area contributed by atoms with Crippen LogP contribution in [0.1, 0.15) is 24.0 Å². The number of aryl methyl sites for hydroxylation is 1. The maximum Gasteiger partial charge on any atom is 0.325 e. The van der Waals surface area contributed by atoms with E-state index in [4.69, 9.17) is 4.74 Å². The molecule has 1 aliphatic rings. The topological polar surface area (TPSA) is 64.6 Å². The van der Waals surface area contributed by atoms with Crippen molar-refractivity contribution < 1.29 is 19.1 Å². The van der Waals surface area contributed by atoms with Crippen molar-refractivity contribution in [3.63, 3.8) is 0 Å². The first-order valence-corrected chi connectivity index (χ1v) is 6.54. The molecule has 0 saturated heterocycles. The van der Waals surface area contributed by atoms with Crippen LogP contribution in [0.3, 0.4) is 0 Å². The highest BCUT2D eigenvalue weighted by molar-refractivity contribution is 5.93. The van der Waals surface area contributed by atoms with Gasteiger partial charge in [-0.15, -0.1) is 0 Å². The highest BCUT2D eigenvalue weighted by Crippen LogP contribution is 2.49. The van der Waals surface area contributed by atoms with Gasteiger partial charge in [-0.1, -0.05) is 12.1 Å². The van der Waals surface area contributed by atoms with Crippen LogP contribution in [-0.2, 0) is 19.7 Å². The van der Waals surface area contributed by atoms with Gasteiger partial charge < -0.3 is 14.8 Å². The Hall–Kier alpha value is -2.04. The van der Waals surface area contributed by atoms with Crippen molar-refractivity contribution in [2.45, 2.75) is 25.2 Å². The Balaban J connectivity index is 2.14. The van der Waals surface area contributed by atoms with E-state index in [2.05, 4.69) is 10.1 Å². The molecule has 1 fully saturated rings. The molecule has 0 aromatic heterocycles. The molecule has 0 bridgehead atoms. The van der Waals surface area contributed by atoms with Crippen LogP contribution in [0.15, 0.2) is 18.2 Å². The average molecular weight is 277 g/mol. The van der Waals surface area contributed by atoms with Gasteiger partial charge in [0.15, 0.2) is 0 Å². The van der Waals surface area contributed by atoms with E-state index in [1.165, 1.54) is 7.11 Å². The van der Waals surface area contributed by atoms with Gasteiger partial charge in [0.05, 0.1) is 19.6 Å². The Kier molecular flexibility index (Phi) is 3.97. The number of hydrogen-bond acceptors (Lipinski definition) is 4. The van der Waals surface area contributed by atoms with Crippen LogP contribution in [-0.4, -0.2) is 32.6 Å². The SMILES string of the molecule is COC(=O)CNC(=O)C1(c2ccc(C)c(OC)c2)CC1. The van der Waals surface area contributed by atoms with Crippen molar-refractivity contribution in [3.8, 4) is 5.75 Å². The fourth-order valence-electron chi connectivity index (χ4n) is 2.28. The Morgan fingerprint density at radius 3 is 2.55 bits per heavy atom. The molecule has 1 aromatic rings. The molecule has 1 saturated carbocycles. The van der Waals surface area contributed by atoms with Crippen molar-refractivity contribution >= 4 is 11.9 Å². The van der Waals surface area contributed by atoms with Gasteiger partial charge in [-0.3, -0.25) is 9.59 Å². The van der Waals surface area contributed by atoms with Gasteiger partial charge in [-0.2, -0.15) is 0 Å². The van der Waals surface area contributed by atoms with Crippen LogP contribution in [0.2, 0.25) is 0 Å². The maximum absolute atomic E-state index is 12.3. The second-order valence-corrected chi connectivity index (χ2v) is 5.03. The van der Waals surface area contributed by atoms with Gasteiger partial charge >= 0.3 is 5.97 Å². The summed E-state index contributed by atoms with van der Waals surface area (Å²) in [6, 6.07) is 5.80. The predicted molar refractivity (Wildman–Crippen MR) is 73.7 cm³/mol. The summed E-state index contributed by atoms with van der Waals surface area (Å²) in [4.78, 5) is 23.4. The second-order valence-electron chi connectivity index (χ2n) is 5.03. The minimum Gasteiger partial charge on any atom is -0.496 e. The predicted octanol–water partition coefficient (Wildman–Crippen LogP) is 1.32. The van der Waals surface area contributed by atoms with Crippen molar-refractivity contribution in [2.75, 3.05) is 20.8 Å². The Morgan fingerprint density at radius 1 is 1.30 bits per heavy atom. The molecule has 1 aliphatic carbocycles. The molecule has 1 amide bonds. The Labute approximate surface area is 118 Å². The molecule has 20 heavy (non-hydrogen) atoms. The van der Waals surface area contributed by atoms with Gasteiger partial charge in [0.25, 0.3) is 0 Å². The van der Waals surface area contributed by atoms with Crippen LogP contribution in [0.4, 0.5) is 0 Å². The molecule has 2 rings (SSSR count). The maximum atomic E-state index is 12.3. The fraction of sp³-hybridized carbons (Fsp3) is 0.467. The summed E-state index contributed by atoms with van der Waals surface area (Å²) < 4.78 is 9.82. The summed E-state index contributed by atoms with van der Waals surface area (Å²) in [6.07, 6.45) is 1.57. The number of rotatable bonds is 5. The Bertz CT molecular complexity index is 535. The van der Waals surface area contributed by atoms with Gasteiger partial charge in [-0.25, -0.2) is 0 Å². The summed E-state index contributed by atoms with van der Waals surface area (Å²) >= 11 is 0. The Morgan fingerprint density at radius 2 is 2.00 bits per heavy atom. The van der Waals surface area contributed by atoms with Crippen LogP contribution in [0.25, 0.3) is 0 Å². The third kappa shape index (κ3) is 2.61. The summed E-state index contributed by atoms with van der Waals surface area (Å²) in [5, 5.41) is 2.63. The van der Waals surface area contributed by atoms with Crippen molar-refractivity contribution in [1.82, 2.24) is 5.32 Å². The molecular weight excluding hydrogens is 258 g/mol. The van der Waals surface area contributed by atoms with E-state index in [-0.39, 0.29) is 12.5 Å². The zero-order valence-corrected chi connectivity index (χ0v) is 12.0. The van der Waals surface area contributed by atoms with Crippen LogP contribution in [0, 0.1) is 6.92 Å². The number of methoxy groups -OCH3 is 2. The fourth-order valence-corrected chi connectivity index (χ4v) is 2.28. The van der Waals surface area contributed by atoms with E-state index in [1.807, 2.05) is 25.1 Å². The standard InChI is InChI=1S/C15H19NO4/c1-10-4-5-11(8-12(10)19-2)15(6-7-15)14(18)16-9-13(17)20-3/h4-5,8H,6-7,9H2,1-3H3,(H,16,18). The summed E-state index contributed by atoms with van der Waals surface area (Å²) in [5.74, 6) is 0.194. The summed E-state index contributed by atoms with van der Waals surface area (Å²) in [5.41, 5.74) is 1.44. The first kappa shape index (κ1) is 14.4. The minimum absolute atomic E-state index is 0.0971. The van der Waals surface area contributed by atoms with Gasteiger partial charge in [0, 0.05) is 0 Å². The summed E-state index contributed by atoms with van der Waals surface area (Å²) in [7, 11) is 2.91. The third-order valence-corrected chi connectivity index (χ3v) is 3.77. The monoisotopic (exact) mass is 277 g/mol. The van der Waals surface area contributed by atoms with Crippen LogP contribution >= 0.6 is 0 Å². The van der Waals surface area contributed by atoms with Gasteiger partial charge in [-0.05, 0) is 37.0 Å². The molecular formula is C15H19NO4. The number of benzene rings is 1. The van der Waals surface area contributed by atoms with E-state index in [1.54, 1.807) is 7.11 Å². The second kappa shape index (κ2) is 5.53. The molecule has 0 unspecified atom stereocenters. The molecule has 0 spiro atoms. The molecule has 0 heterocycles. The van der Waals surface area contributed by atoms with Crippen LogP contribution in [0.5, 0.6) is 5.75 Å². The van der Waals surface area contributed by atoms with Crippen LogP contribution < -0.4 is 10.1 Å². The lowest BCUT2D eigenvalue weighted by atomic mass is 9.93. The van der Waals surface area contributed by atoms with Gasteiger partial charge in [0.2, 0.25) is 5.91 Å². The normalized spacial score (nSPS) is 15.3. The largest absolute Gasteiger partial charge is 0.496 e. The number of ether oxygens (including phenoxy) is 2. The van der Waals surface area contributed by atoms with Crippen molar-refractivity contribution in [1.29, 1.82) is 0 Å². The molecule has 0 radical (unpaired) electrons. The van der Waals surface area contributed by atoms with E-state index < -0.39 is 11.4 Å². The van der Waals surface area contributed by atoms with E-state index >= 15 is 0 Å². The lowest BCUT2D eigenvalue weighted by molar-refractivity contribution is -0.141. The zero-order valence-electron chi connectivity index (χ0n) is 12.0. The molecule has 0 atom stereocenters. The third-order valence-electron chi connectivity index (χ3n) is 3.77. The zero-order chi connectivity index (χ0) is 14.8. The van der Waals surface area contributed by atoms with E-state index in [0.29, 0.717) is 0 Å². The molecule has 1 aromatic carbocycles. The smallest absolute Gasteiger partial charge is 0.325 e. The first-order valence-electron chi connectivity index (χ1n) is 6.54. The number of carbonyl (C=O) groups is 2. The minimum atomic E-state index is -0.519. The number of hydrogen-bond donors (Lipinski definition) is 1. The molecule has 108 valence electrons.